The second-order valence-electron chi connectivity index (χ2n) is 4.48. The summed E-state index contributed by atoms with van der Waals surface area (Å²) in [6.07, 6.45) is 0.455. The molecule has 0 saturated heterocycles. The molecule has 0 unspecified atom stereocenters. The van der Waals surface area contributed by atoms with Gasteiger partial charge in [-0.2, -0.15) is 4.98 Å². The van der Waals surface area contributed by atoms with Crippen molar-refractivity contribution in [2.45, 2.75) is 6.42 Å². The molecule has 1 heterocycles. The van der Waals surface area contributed by atoms with E-state index in [9.17, 15) is 9.50 Å². The molecule has 3 rings (SSSR count). The summed E-state index contributed by atoms with van der Waals surface area (Å²) in [7, 11) is 0. The standard InChI is InChI=1S/C15H10ClFN2O2/c16-10-3-1-9(2-4-10)7-14-18-15(21-19-14)12-8-11(17)5-6-13(12)20/h1-6,8,20H,7H2. The maximum atomic E-state index is 13.2. The van der Waals surface area contributed by atoms with Crippen LogP contribution in [0.15, 0.2) is 47.0 Å². The van der Waals surface area contributed by atoms with Crippen LogP contribution in [0.2, 0.25) is 5.02 Å². The molecule has 0 radical (unpaired) electrons. The number of hydrogen-bond donors (Lipinski definition) is 1. The van der Waals surface area contributed by atoms with Crippen LogP contribution in [0, 0.1) is 5.82 Å². The zero-order chi connectivity index (χ0) is 14.8. The number of aromatic hydroxyl groups is 1. The van der Waals surface area contributed by atoms with E-state index in [1.807, 2.05) is 12.1 Å². The Labute approximate surface area is 124 Å². The average molecular weight is 305 g/mol. The normalized spacial score (nSPS) is 10.8. The lowest BCUT2D eigenvalue weighted by molar-refractivity contribution is 0.418. The van der Waals surface area contributed by atoms with E-state index in [4.69, 9.17) is 16.1 Å². The van der Waals surface area contributed by atoms with Crippen LogP contribution in [0.3, 0.4) is 0 Å². The Balaban J connectivity index is 1.86. The molecule has 3 aromatic rings. The molecule has 0 aliphatic heterocycles. The number of halogens is 2. The Bertz CT molecular complexity index is 772. The van der Waals surface area contributed by atoms with Gasteiger partial charge in [-0.15, -0.1) is 0 Å². The van der Waals surface area contributed by atoms with Crippen molar-refractivity contribution in [3.8, 4) is 17.2 Å². The van der Waals surface area contributed by atoms with E-state index in [1.165, 1.54) is 6.07 Å². The van der Waals surface area contributed by atoms with Crippen molar-refractivity contribution in [2.75, 3.05) is 0 Å². The molecule has 0 atom stereocenters. The molecule has 4 nitrogen and oxygen atoms in total. The highest BCUT2D eigenvalue weighted by Crippen LogP contribution is 2.28. The van der Waals surface area contributed by atoms with Gasteiger partial charge in [0.2, 0.25) is 0 Å². The number of nitrogens with zero attached hydrogens (tertiary/aromatic N) is 2. The van der Waals surface area contributed by atoms with Crippen molar-refractivity contribution >= 4 is 11.6 Å². The minimum Gasteiger partial charge on any atom is -0.507 e. The molecule has 0 saturated carbocycles. The fraction of sp³-hybridized carbons (Fsp3) is 0.0667. The molecule has 6 heteroatoms. The highest BCUT2D eigenvalue weighted by molar-refractivity contribution is 6.30. The van der Waals surface area contributed by atoms with Crippen LogP contribution < -0.4 is 0 Å². The molecule has 106 valence electrons. The lowest BCUT2D eigenvalue weighted by Crippen LogP contribution is -1.90. The summed E-state index contributed by atoms with van der Waals surface area (Å²) in [4.78, 5) is 4.16. The Hall–Kier alpha value is -2.40. The fourth-order valence-electron chi connectivity index (χ4n) is 1.90. The predicted molar refractivity (Wildman–Crippen MR) is 75.6 cm³/mol. The summed E-state index contributed by atoms with van der Waals surface area (Å²) in [6, 6.07) is 10.8. The number of benzene rings is 2. The molecule has 0 spiro atoms. The van der Waals surface area contributed by atoms with E-state index in [1.54, 1.807) is 12.1 Å². The molecular weight excluding hydrogens is 295 g/mol. The van der Waals surface area contributed by atoms with Crippen molar-refractivity contribution in [3.05, 3.63) is 64.7 Å². The zero-order valence-electron chi connectivity index (χ0n) is 10.8. The van der Waals surface area contributed by atoms with Gasteiger partial charge in [0.1, 0.15) is 11.6 Å². The van der Waals surface area contributed by atoms with Gasteiger partial charge in [0, 0.05) is 11.4 Å². The Morgan fingerprint density at radius 3 is 2.67 bits per heavy atom. The number of hydrogen-bond acceptors (Lipinski definition) is 4. The van der Waals surface area contributed by atoms with E-state index >= 15 is 0 Å². The van der Waals surface area contributed by atoms with Crippen molar-refractivity contribution < 1.29 is 14.0 Å². The van der Waals surface area contributed by atoms with Crippen molar-refractivity contribution in [3.63, 3.8) is 0 Å². The quantitative estimate of drug-likeness (QED) is 0.799. The summed E-state index contributed by atoms with van der Waals surface area (Å²) in [5.41, 5.74) is 1.14. The minimum atomic E-state index is -0.486. The summed E-state index contributed by atoms with van der Waals surface area (Å²) in [5.74, 6) is -0.0784. The fourth-order valence-corrected chi connectivity index (χ4v) is 2.03. The number of phenols is 1. The highest BCUT2D eigenvalue weighted by Gasteiger charge is 2.14. The number of aromatic nitrogens is 2. The van der Waals surface area contributed by atoms with Gasteiger partial charge in [-0.3, -0.25) is 0 Å². The molecule has 0 aliphatic rings. The van der Waals surface area contributed by atoms with Gasteiger partial charge in [0.25, 0.3) is 5.89 Å². The van der Waals surface area contributed by atoms with Crippen LogP contribution >= 0.6 is 11.6 Å². The maximum Gasteiger partial charge on any atom is 0.261 e. The topological polar surface area (TPSA) is 59.2 Å². The first-order chi connectivity index (χ1) is 10.1. The second-order valence-corrected chi connectivity index (χ2v) is 4.92. The van der Waals surface area contributed by atoms with E-state index < -0.39 is 5.82 Å². The van der Waals surface area contributed by atoms with Gasteiger partial charge in [-0.25, -0.2) is 4.39 Å². The smallest absolute Gasteiger partial charge is 0.261 e. The number of rotatable bonds is 3. The molecule has 0 amide bonds. The van der Waals surface area contributed by atoms with Gasteiger partial charge in [0.05, 0.1) is 5.56 Å². The van der Waals surface area contributed by atoms with E-state index in [0.717, 1.165) is 17.7 Å². The van der Waals surface area contributed by atoms with Crippen molar-refractivity contribution in [1.29, 1.82) is 0 Å². The van der Waals surface area contributed by atoms with Crippen molar-refractivity contribution in [1.82, 2.24) is 10.1 Å². The van der Waals surface area contributed by atoms with Gasteiger partial charge >= 0.3 is 0 Å². The molecule has 0 bridgehead atoms. The van der Waals surface area contributed by atoms with Crippen LogP contribution in [-0.2, 0) is 6.42 Å². The predicted octanol–water partition coefficient (Wildman–Crippen LogP) is 3.83. The van der Waals surface area contributed by atoms with Crippen LogP contribution in [0.4, 0.5) is 4.39 Å². The second kappa shape index (κ2) is 5.54. The molecular formula is C15H10ClFN2O2. The van der Waals surface area contributed by atoms with Crippen molar-refractivity contribution in [2.24, 2.45) is 0 Å². The summed E-state index contributed by atoms with van der Waals surface area (Å²) >= 11 is 5.82. The third-order valence-corrected chi connectivity index (χ3v) is 3.18. The van der Waals surface area contributed by atoms with Gasteiger partial charge in [-0.1, -0.05) is 28.9 Å². The van der Waals surface area contributed by atoms with E-state index in [2.05, 4.69) is 10.1 Å². The summed E-state index contributed by atoms with van der Waals surface area (Å²) in [5, 5.41) is 14.2. The van der Waals surface area contributed by atoms with Crippen LogP contribution in [-0.4, -0.2) is 15.2 Å². The van der Waals surface area contributed by atoms with E-state index in [0.29, 0.717) is 17.3 Å². The van der Waals surface area contributed by atoms with Gasteiger partial charge in [0.15, 0.2) is 5.82 Å². The van der Waals surface area contributed by atoms with Gasteiger partial charge in [-0.05, 0) is 35.9 Å². The van der Waals surface area contributed by atoms with Crippen LogP contribution in [0.25, 0.3) is 11.5 Å². The Kier molecular flexibility index (Phi) is 3.58. The number of phenolic OH excluding ortho intramolecular Hbond substituents is 1. The molecule has 21 heavy (non-hydrogen) atoms. The molecule has 0 fully saturated rings. The minimum absolute atomic E-state index is 0.0796. The SMILES string of the molecule is Oc1ccc(F)cc1-c1nc(Cc2ccc(Cl)cc2)no1. The zero-order valence-corrected chi connectivity index (χ0v) is 11.5. The monoisotopic (exact) mass is 304 g/mol. The van der Waals surface area contributed by atoms with Crippen LogP contribution in [0.1, 0.15) is 11.4 Å². The maximum absolute atomic E-state index is 13.2. The van der Waals surface area contributed by atoms with Crippen LogP contribution in [0.5, 0.6) is 5.75 Å². The highest BCUT2D eigenvalue weighted by atomic mass is 35.5. The molecule has 1 N–H and O–H groups in total. The Morgan fingerprint density at radius 1 is 1.14 bits per heavy atom. The third kappa shape index (κ3) is 3.03. The van der Waals surface area contributed by atoms with E-state index in [-0.39, 0.29) is 17.2 Å². The average Bonchev–Trinajstić information content (AvgIpc) is 2.92. The largest absolute Gasteiger partial charge is 0.507 e. The first kappa shape index (κ1) is 13.6. The van der Waals surface area contributed by atoms with Gasteiger partial charge < -0.3 is 9.63 Å². The molecule has 1 aromatic heterocycles. The summed E-state index contributed by atoms with van der Waals surface area (Å²) in [6.45, 7) is 0. The summed E-state index contributed by atoms with van der Waals surface area (Å²) < 4.78 is 18.3. The third-order valence-electron chi connectivity index (χ3n) is 2.93. The first-order valence-corrected chi connectivity index (χ1v) is 6.55. The molecule has 0 aliphatic carbocycles. The Morgan fingerprint density at radius 2 is 1.90 bits per heavy atom. The molecule has 2 aromatic carbocycles. The lowest BCUT2D eigenvalue weighted by Gasteiger charge is -1.98. The first-order valence-electron chi connectivity index (χ1n) is 6.18. The lowest BCUT2D eigenvalue weighted by atomic mass is 10.1.